The van der Waals surface area contributed by atoms with E-state index < -0.39 is 0 Å². The maximum atomic E-state index is 12.4. The van der Waals surface area contributed by atoms with Crippen LogP contribution in [0.5, 0.6) is 5.75 Å². The van der Waals surface area contributed by atoms with E-state index in [2.05, 4.69) is 20.9 Å². The number of para-hydroxylation sites is 1. The zero-order valence-electron chi connectivity index (χ0n) is 11.2. The number of hydrogen-bond donors (Lipinski definition) is 1. The van der Waals surface area contributed by atoms with Gasteiger partial charge in [-0.1, -0.05) is 18.2 Å². The third-order valence-corrected chi connectivity index (χ3v) is 3.73. The molecule has 0 aliphatic carbocycles. The van der Waals surface area contributed by atoms with Gasteiger partial charge >= 0.3 is 0 Å². The minimum absolute atomic E-state index is 0.138. The number of carbonyl (C=O) groups is 1. The Morgan fingerprint density at radius 1 is 1.30 bits per heavy atom. The number of rotatable bonds is 3. The van der Waals surface area contributed by atoms with Crippen molar-refractivity contribution in [3.05, 3.63) is 58.3 Å². The average molecular weight is 335 g/mol. The van der Waals surface area contributed by atoms with E-state index in [9.17, 15) is 9.90 Å². The summed E-state index contributed by atoms with van der Waals surface area (Å²) in [5, 5.41) is 9.86. The summed E-state index contributed by atoms with van der Waals surface area (Å²) in [5.41, 5.74) is 1.23. The lowest BCUT2D eigenvalue weighted by atomic mass is 10.1. The lowest BCUT2D eigenvalue weighted by Gasteiger charge is -2.25. The molecule has 0 aliphatic heterocycles. The van der Waals surface area contributed by atoms with Crippen molar-refractivity contribution in [1.29, 1.82) is 0 Å². The molecule has 0 aliphatic rings. The molecule has 1 amide bonds. The van der Waals surface area contributed by atoms with Crippen molar-refractivity contribution in [2.75, 3.05) is 7.05 Å². The molecule has 0 spiro atoms. The van der Waals surface area contributed by atoms with Crippen LogP contribution in [0, 0.1) is 0 Å². The summed E-state index contributed by atoms with van der Waals surface area (Å²) in [7, 11) is 1.71. The number of aromatic nitrogens is 1. The van der Waals surface area contributed by atoms with Crippen LogP contribution in [0.4, 0.5) is 0 Å². The van der Waals surface area contributed by atoms with E-state index in [1.807, 2.05) is 19.1 Å². The van der Waals surface area contributed by atoms with Crippen LogP contribution in [0.3, 0.4) is 0 Å². The number of amides is 1. The van der Waals surface area contributed by atoms with Gasteiger partial charge in [0.2, 0.25) is 0 Å². The Morgan fingerprint density at radius 3 is 2.60 bits per heavy atom. The molecule has 1 heterocycles. The second kappa shape index (κ2) is 6.05. The maximum absolute atomic E-state index is 12.4. The van der Waals surface area contributed by atoms with Crippen molar-refractivity contribution in [3.8, 4) is 5.75 Å². The third-order valence-electron chi connectivity index (χ3n) is 3.26. The number of halogens is 1. The van der Waals surface area contributed by atoms with Crippen molar-refractivity contribution in [2.24, 2.45) is 0 Å². The van der Waals surface area contributed by atoms with Gasteiger partial charge in [-0.3, -0.25) is 4.79 Å². The molecule has 0 fully saturated rings. The molecule has 2 aromatic rings. The number of carbonyl (C=O) groups excluding carboxylic acids is 1. The average Bonchev–Trinajstić information content (AvgIpc) is 2.46. The molecule has 1 atom stereocenters. The second-order valence-corrected chi connectivity index (χ2v) is 5.33. The van der Waals surface area contributed by atoms with E-state index in [1.165, 1.54) is 6.20 Å². The smallest absolute Gasteiger partial charge is 0.255 e. The van der Waals surface area contributed by atoms with Gasteiger partial charge in [-0.15, -0.1) is 0 Å². The van der Waals surface area contributed by atoms with Crippen LogP contribution in [0.25, 0.3) is 0 Å². The molecule has 1 unspecified atom stereocenters. The minimum Gasteiger partial charge on any atom is -0.508 e. The first kappa shape index (κ1) is 14.5. The van der Waals surface area contributed by atoms with Gasteiger partial charge in [-0.25, -0.2) is 4.98 Å². The molecule has 20 heavy (non-hydrogen) atoms. The number of phenols is 1. The van der Waals surface area contributed by atoms with Gasteiger partial charge in [0.25, 0.3) is 5.91 Å². The number of phenolic OH excluding ortho intramolecular Hbond substituents is 1. The summed E-state index contributed by atoms with van der Waals surface area (Å²) in [6, 6.07) is 10.2. The molecular formula is C15H15BrN2O2. The summed E-state index contributed by atoms with van der Waals surface area (Å²) in [4.78, 5) is 18.0. The molecule has 0 saturated carbocycles. The topological polar surface area (TPSA) is 53.4 Å². The molecular weight excluding hydrogens is 320 g/mol. The molecule has 1 aromatic carbocycles. The number of hydrogen-bond acceptors (Lipinski definition) is 3. The summed E-state index contributed by atoms with van der Waals surface area (Å²) in [5.74, 6) is 0.0503. The molecule has 5 heteroatoms. The first-order valence-electron chi connectivity index (χ1n) is 6.17. The van der Waals surface area contributed by atoms with Gasteiger partial charge in [0, 0.05) is 18.8 Å². The highest BCUT2D eigenvalue weighted by atomic mass is 79.9. The Labute approximate surface area is 126 Å². The predicted molar refractivity (Wildman–Crippen MR) is 80.6 cm³/mol. The Hall–Kier alpha value is -1.88. The largest absolute Gasteiger partial charge is 0.508 e. The lowest BCUT2D eigenvalue weighted by Crippen LogP contribution is -2.29. The second-order valence-electron chi connectivity index (χ2n) is 4.52. The highest BCUT2D eigenvalue weighted by Gasteiger charge is 2.21. The van der Waals surface area contributed by atoms with E-state index >= 15 is 0 Å². The van der Waals surface area contributed by atoms with Gasteiger partial charge in [0.15, 0.2) is 0 Å². The predicted octanol–water partition coefficient (Wildman–Crippen LogP) is 3.38. The van der Waals surface area contributed by atoms with Crippen LogP contribution in [0.1, 0.15) is 28.9 Å². The fourth-order valence-corrected chi connectivity index (χ4v) is 2.17. The van der Waals surface area contributed by atoms with Gasteiger partial charge in [-0.05, 0) is 41.1 Å². The van der Waals surface area contributed by atoms with Crippen molar-refractivity contribution in [1.82, 2.24) is 9.88 Å². The van der Waals surface area contributed by atoms with Gasteiger partial charge in [-0.2, -0.15) is 0 Å². The summed E-state index contributed by atoms with van der Waals surface area (Å²) in [6.07, 6.45) is 1.53. The van der Waals surface area contributed by atoms with E-state index in [0.29, 0.717) is 15.7 Å². The SMILES string of the molecule is CC(c1ccccc1O)N(C)C(=O)c1ccc(Br)nc1. The van der Waals surface area contributed by atoms with Crippen LogP contribution in [0.2, 0.25) is 0 Å². The number of pyridine rings is 1. The number of nitrogens with zero attached hydrogens (tertiary/aromatic N) is 2. The number of benzene rings is 1. The van der Waals surface area contributed by atoms with Crippen LogP contribution in [-0.4, -0.2) is 27.9 Å². The Bertz CT molecular complexity index is 614. The first-order chi connectivity index (χ1) is 9.50. The molecule has 1 N–H and O–H groups in total. The zero-order chi connectivity index (χ0) is 14.7. The Balaban J connectivity index is 2.22. The third kappa shape index (κ3) is 2.99. The fourth-order valence-electron chi connectivity index (χ4n) is 1.93. The Morgan fingerprint density at radius 2 is 2.00 bits per heavy atom. The van der Waals surface area contributed by atoms with Gasteiger partial charge in [0.1, 0.15) is 10.4 Å². The summed E-state index contributed by atoms with van der Waals surface area (Å²) >= 11 is 3.24. The zero-order valence-corrected chi connectivity index (χ0v) is 12.8. The number of aromatic hydroxyl groups is 1. The van der Waals surface area contributed by atoms with Gasteiger partial charge in [0.05, 0.1) is 11.6 Å². The fraction of sp³-hybridized carbons (Fsp3) is 0.200. The van der Waals surface area contributed by atoms with Crippen LogP contribution in [-0.2, 0) is 0 Å². The minimum atomic E-state index is -0.229. The monoisotopic (exact) mass is 334 g/mol. The van der Waals surface area contributed by atoms with Crippen molar-refractivity contribution >= 4 is 21.8 Å². The Kier molecular flexibility index (Phi) is 4.39. The first-order valence-corrected chi connectivity index (χ1v) is 6.96. The van der Waals surface area contributed by atoms with E-state index in [-0.39, 0.29) is 17.7 Å². The normalized spacial score (nSPS) is 11.9. The molecule has 0 bridgehead atoms. The molecule has 4 nitrogen and oxygen atoms in total. The van der Waals surface area contributed by atoms with Crippen LogP contribution >= 0.6 is 15.9 Å². The summed E-state index contributed by atoms with van der Waals surface area (Å²) in [6.45, 7) is 1.87. The van der Waals surface area contributed by atoms with E-state index in [1.54, 1.807) is 36.2 Å². The van der Waals surface area contributed by atoms with Crippen molar-refractivity contribution < 1.29 is 9.90 Å². The molecule has 0 saturated heterocycles. The van der Waals surface area contributed by atoms with Crippen molar-refractivity contribution in [3.63, 3.8) is 0 Å². The standard InChI is InChI=1S/C15H15BrN2O2/c1-10(12-5-3-4-6-13(12)19)18(2)15(20)11-7-8-14(16)17-9-11/h3-10,19H,1-2H3. The van der Waals surface area contributed by atoms with Crippen LogP contribution < -0.4 is 0 Å². The van der Waals surface area contributed by atoms with Gasteiger partial charge < -0.3 is 10.0 Å². The molecule has 104 valence electrons. The maximum Gasteiger partial charge on any atom is 0.255 e. The highest BCUT2D eigenvalue weighted by molar-refractivity contribution is 9.10. The lowest BCUT2D eigenvalue weighted by molar-refractivity contribution is 0.0741. The molecule has 0 radical (unpaired) electrons. The van der Waals surface area contributed by atoms with Crippen LogP contribution in [0.15, 0.2) is 47.2 Å². The summed E-state index contributed by atoms with van der Waals surface area (Å²) < 4.78 is 0.686. The molecule has 2 rings (SSSR count). The van der Waals surface area contributed by atoms with E-state index in [4.69, 9.17) is 0 Å². The quantitative estimate of drug-likeness (QED) is 0.875. The van der Waals surface area contributed by atoms with E-state index in [0.717, 1.165) is 0 Å². The van der Waals surface area contributed by atoms with Crippen molar-refractivity contribution in [2.45, 2.75) is 13.0 Å². The highest BCUT2D eigenvalue weighted by Crippen LogP contribution is 2.28. The molecule has 1 aromatic heterocycles.